The van der Waals surface area contributed by atoms with E-state index in [1.807, 2.05) is 42.5 Å². The van der Waals surface area contributed by atoms with Gasteiger partial charge < -0.3 is 10.6 Å². The molecule has 1 aromatic heterocycles. The van der Waals surface area contributed by atoms with Crippen LogP contribution in [0.3, 0.4) is 0 Å². The van der Waals surface area contributed by atoms with Crippen molar-refractivity contribution in [1.82, 2.24) is 4.98 Å². The summed E-state index contributed by atoms with van der Waals surface area (Å²) in [4.78, 5) is 16.6. The number of aryl methyl sites for hydroxylation is 1. The van der Waals surface area contributed by atoms with Crippen molar-refractivity contribution in [3.05, 3.63) is 83.1 Å². The molecular formula is C20H18ClN3O. The van der Waals surface area contributed by atoms with Crippen LogP contribution < -0.4 is 10.6 Å². The predicted molar refractivity (Wildman–Crippen MR) is 103 cm³/mol. The zero-order valence-electron chi connectivity index (χ0n) is 13.8. The number of amides is 1. The van der Waals surface area contributed by atoms with E-state index in [1.54, 1.807) is 24.5 Å². The quantitative estimate of drug-likeness (QED) is 0.656. The van der Waals surface area contributed by atoms with Crippen LogP contribution >= 0.6 is 11.6 Å². The van der Waals surface area contributed by atoms with Crippen molar-refractivity contribution in [1.29, 1.82) is 0 Å². The molecule has 0 atom stereocenters. The number of anilines is 3. The second-order valence-corrected chi connectivity index (χ2v) is 6.04. The molecule has 0 saturated heterocycles. The zero-order chi connectivity index (χ0) is 17.6. The molecule has 0 saturated carbocycles. The van der Waals surface area contributed by atoms with Crippen molar-refractivity contribution in [2.24, 2.45) is 0 Å². The van der Waals surface area contributed by atoms with Crippen LogP contribution in [0.15, 0.2) is 67.0 Å². The molecule has 1 amide bonds. The van der Waals surface area contributed by atoms with Crippen LogP contribution in [0, 0.1) is 0 Å². The van der Waals surface area contributed by atoms with Gasteiger partial charge in [0.25, 0.3) is 5.91 Å². The molecule has 3 aromatic rings. The molecular weight excluding hydrogens is 334 g/mol. The van der Waals surface area contributed by atoms with Gasteiger partial charge in [0.1, 0.15) is 0 Å². The smallest absolute Gasteiger partial charge is 0.257 e. The lowest BCUT2D eigenvalue weighted by molar-refractivity contribution is 0.102. The fourth-order valence-corrected chi connectivity index (χ4v) is 2.58. The van der Waals surface area contributed by atoms with Crippen LogP contribution in [-0.2, 0) is 6.42 Å². The maximum atomic E-state index is 12.4. The van der Waals surface area contributed by atoms with Crippen molar-refractivity contribution >= 4 is 34.6 Å². The van der Waals surface area contributed by atoms with Crippen molar-refractivity contribution < 1.29 is 4.79 Å². The number of carbonyl (C=O) groups is 1. The van der Waals surface area contributed by atoms with Gasteiger partial charge in [0.15, 0.2) is 0 Å². The van der Waals surface area contributed by atoms with Crippen LogP contribution in [0.4, 0.5) is 17.1 Å². The molecule has 0 fully saturated rings. The molecule has 0 radical (unpaired) electrons. The lowest BCUT2D eigenvalue weighted by Gasteiger charge is -2.09. The fraction of sp³-hybridized carbons (Fsp3) is 0.100. The monoisotopic (exact) mass is 351 g/mol. The summed E-state index contributed by atoms with van der Waals surface area (Å²) in [7, 11) is 0. The molecule has 5 heteroatoms. The molecule has 0 aliphatic carbocycles. The van der Waals surface area contributed by atoms with Gasteiger partial charge in [-0.2, -0.15) is 0 Å². The van der Waals surface area contributed by atoms with E-state index in [2.05, 4.69) is 22.5 Å². The van der Waals surface area contributed by atoms with E-state index in [0.29, 0.717) is 10.6 Å². The van der Waals surface area contributed by atoms with E-state index in [0.717, 1.165) is 23.5 Å². The molecule has 0 unspecified atom stereocenters. The highest BCUT2D eigenvalue weighted by atomic mass is 35.5. The van der Waals surface area contributed by atoms with Gasteiger partial charge >= 0.3 is 0 Å². The average molecular weight is 352 g/mol. The summed E-state index contributed by atoms with van der Waals surface area (Å²) in [6.45, 7) is 2.09. The Hall–Kier alpha value is -2.85. The lowest BCUT2D eigenvalue weighted by Crippen LogP contribution is -2.12. The van der Waals surface area contributed by atoms with Gasteiger partial charge in [-0.1, -0.05) is 36.7 Å². The van der Waals surface area contributed by atoms with Gasteiger partial charge in [-0.25, -0.2) is 0 Å². The molecule has 2 aromatic carbocycles. The van der Waals surface area contributed by atoms with Gasteiger partial charge in [0, 0.05) is 22.6 Å². The minimum Gasteiger partial charge on any atom is -0.354 e. The number of aromatic nitrogens is 1. The number of hydrogen-bond acceptors (Lipinski definition) is 3. The molecule has 126 valence electrons. The van der Waals surface area contributed by atoms with Crippen molar-refractivity contribution in [2.45, 2.75) is 13.3 Å². The molecule has 1 heterocycles. The summed E-state index contributed by atoms with van der Waals surface area (Å²) in [6.07, 6.45) is 4.17. The number of rotatable bonds is 5. The second-order valence-electron chi connectivity index (χ2n) is 5.60. The standard InChI is InChI=1S/C20H18ClN3O/c1-2-14-6-8-17(9-7-14)24-20(25)15-10-19(13-22-12-15)23-18-5-3-4-16(21)11-18/h3-13,23H,2H2,1H3,(H,24,25). The lowest BCUT2D eigenvalue weighted by atomic mass is 10.1. The summed E-state index contributed by atoms with van der Waals surface area (Å²) in [5.74, 6) is -0.202. The number of carbonyl (C=O) groups excluding carboxylic acids is 1. The first-order valence-electron chi connectivity index (χ1n) is 8.02. The van der Waals surface area contributed by atoms with Crippen molar-refractivity contribution in [3.63, 3.8) is 0 Å². The Balaban J connectivity index is 1.72. The number of pyridine rings is 1. The van der Waals surface area contributed by atoms with Gasteiger partial charge in [-0.3, -0.25) is 9.78 Å². The molecule has 0 aliphatic rings. The summed E-state index contributed by atoms with van der Waals surface area (Å²) in [6, 6.07) is 16.9. The van der Waals surface area contributed by atoms with Gasteiger partial charge in [-0.05, 0) is 48.4 Å². The Labute approximate surface area is 151 Å². The van der Waals surface area contributed by atoms with Crippen LogP contribution in [0.5, 0.6) is 0 Å². The number of benzene rings is 2. The average Bonchev–Trinajstić information content (AvgIpc) is 2.62. The second kappa shape index (κ2) is 7.81. The van der Waals surface area contributed by atoms with Crippen LogP contribution in [-0.4, -0.2) is 10.9 Å². The Morgan fingerprint density at radius 1 is 1.00 bits per heavy atom. The third-order valence-corrected chi connectivity index (χ3v) is 3.97. The molecule has 0 bridgehead atoms. The Kier molecular flexibility index (Phi) is 5.31. The molecule has 25 heavy (non-hydrogen) atoms. The van der Waals surface area contributed by atoms with E-state index in [-0.39, 0.29) is 5.91 Å². The highest BCUT2D eigenvalue weighted by molar-refractivity contribution is 6.30. The summed E-state index contributed by atoms with van der Waals surface area (Å²) >= 11 is 5.98. The molecule has 4 nitrogen and oxygen atoms in total. The van der Waals surface area contributed by atoms with Crippen LogP contribution in [0.2, 0.25) is 5.02 Å². The summed E-state index contributed by atoms with van der Waals surface area (Å²) < 4.78 is 0. The molecule has 0 spiro atoms. The van der Waals surface area contributed by atoms with Crippen molar-refractivity contribution in [3.8, 4) is 0 Å². The summed E-state index contributed by atoms with van der Waals surface area (Å²) in [5, 5.41) is 6.71. The normalized spacial score (nSPS) is 10.3. The minimum atomic E-state index is -0.202. The molecule has 3 rings (SSSR count). The Bertz CT molecular complexity index is 878. The first kappa shape index (κ1) is 17.0. The predicted octanol–water partition coefficient (Wildman–Crippen LogP) is 5.29. The zero-order valence-corrected chi connectivity index (χ0v) is 14.5. The highest BCUT2D eigenvalue weighted by Crippen LogP contribution is 2.20. The number of halogens is 1. The molecule has 2 N–H and O–H groups in total. The van der Waals surface area contributed by atoms with E-state index >= 15 is 0 Å². The van der Waals surface area contributed by atoms with E-state index < -0.39 is 0 Å². The first-order chi connectivity index (χ1) is 12.1. The van der Waals surface area contributed by atoms with Gasteiger partial charge in [0.2, 0.25) is 0 Å². The molecule has 0 aliphatic heterocycles. The Morgan fingerprint density at radius 2 is 1.80 bits per heavy atom. The Morgan fingerprint density at radius 3 is 2.52 bits per heavy atom. The maximum Gasteiger partial charge on any atom is 0.257 e. The van der Waals surface area contributed by atoms with Gasteiger partial charge in [0.05, 0.1) is 17.4 Å². The fourth-order valence-electron chi connectivity index (χ4n) is 2.39. The van der Waals surface area contributed by atoms with Crippen LogP contribution in [0.25, 0.3) is 0 Å². The van der Waals surface area contributed by atoms with Gasteiger partial charge in [-0.15, -0.1) is 0 Å². The highest BCUT2D eigenvalue weighted by Gasteiger charge is 2.08. The number of hydrogen-bond donors (Lipinski definition) is 2. The van der Waals surface area contributed by atoms with Crippen LogP contribution in [0.1, 0.15) is 22.8 Å². The third kappa shape index (κ3) is 4.58. The van der Waals surface area contributed by atoms with E-state index in [9.17, 15) is 4.79 Å². The first-order valence-corrected chi connectivity index (χ1v) is 8.40. The number of nitrogens with one attached hydrogen (secondary N) is 2. The SMILES string of the molecule is CCc1ccc(NC(=O)c2cncc(Nc3cccc(Cl)c3)c2)cc1. The maximum absolute atomic E-state index is 12.4. The van der Waals surface area contributed by atoms with E-state index in [4.69, 9.17) is 11.6 Å². The number of nitrogens with zero attached hydrogens (tertiary/aromatic N) is 1. The van der Waals surface area contributed by atoms with E-state index in [1.165, 1.54) is 5.56 Å². The largest absolute Gasteiger partial charge is 0.354 e. The van der Waals surface area contributed by atoms with Crippen molar-refractivity contribution in [2.75, 3.05) is 10.6 Å². The minimum absolute atomic E-state index is 0.202. The third-order valence-electron chi connectivity index (χ3n) is 3.73. The topological polar surface area (TPSA) is 54.0 Å². The summed E-state index contributed by atoms with van der Waals surface area (Å²) in [5.41, 5.74) is 4.02.